The summed E-state index contributed by atoms with van der Waals surface area (Å²) in [5, 5.41) is 13.7. The Hall–Kier alpha value is -3.57. The molecule has 180 valence electrons. The average molecular weight is 492 g/mol. The van der Waals surface area contributed by atoms with Crippen molar-refractivity contribution in [3.8, 4) is 11.8 Å². The zero-order chi connectivity index (χ0) is 24.6. The van der Waals surface area contributed by atoms with Crippen LogP contribution in [0.3, 0.4) is 0 Å². The molecule has 2 aliphatic rings. The summed E-state index contributed by atoms with van der Waals surface area (Å²) < 4.78 is 5.43. The van der Waals surface area contributed by atoms with Crippen LogP contribution in [0.25, 0.3) is 10.9 Å². The molecule has 0 bridgehead atoms. The number of aromatic nitrogens is 2. The minimum absolute atomic E-state index is 0.0683. The number of rotatable bonds is 5. The molecule has 2 aromatic heterocycles. The molecule has 2 fully saturated rings. The van der Waals surface area contributed by atoms with E-state index in [1.165, 1.54) is 12.4 Å². The van der Waals surface area contributed by atoms with Gasteiger partial charge in [0.05, 0.1) is 18.2 Å². The smallest absolute Gasteiger partial charge is 0.271 e. The molecule has 1 spiro atoms. The second-order valence-electron chi connectivity index (χ2n) is 9.47. The Balaban J connectivity index is 1.44. The number of amides is 2. The van der Waals surface area contributed by atoms with Crippen molar-refractivity contribution >= 4 is 34.3 Å². The van der Waals surface area contributed by atoms with E-state index >= 15 is 0 Å². The van der Waals surface area contributed by atoms with Crippen LogP contribution in [0.1, 0.15) is 54.2 Å². The average Bonchev–Trinajstić information content (AvgIpc) is 3.60. The lowest BCUT2D eigenvalue weighted by Gasteiger charge is -2.25. The summed E-state index contributed by atoms with van der Waals surface area (Å²) >= 11 is 6.03. The minimum Gasteiger partial charge on any atom is -0.496 e. The molecule has 2 N–H and O–H groups in total. The third kappa shape index (κ3) is 4.32. The van der Waals surface area contributed by atoms with E-state index in [2.05, 4.69) is 21.4 Å². The van der Waals surface area contributed by atoms with Gasteiger partial charge in [0.1, 0.15) is 23.5 Å². The number of ether oxygens (including phenoxy) is 1. The number of nitrogens with one attached hydrogen (secondary N) is 2. The van der Waals surface area contributed by atoms with E-state index in [0.29, 0.717) is 35.0 Å². The van der Waals surface area contributed by atoms with Crippen LogP contribution in [-0.2, 0) is 4.79 Å². The van der Waals surface area contributed by atoms with Crippen molar-refractivity contribution in [3.05, 3.63) is 59.0 Å². The number of fused-ring (bicyclic) bond motifs is 1. The zero-order valence-corrected chi connectivity index (χ0v) is 20.1. The Labute approximate surface area is 208 Å². The largest absolute Gasteiger partial charge is 0.496 e. The Morgan fingerprint density at radius 3 is 2.83 bits per heavy atom. The normalized spacial score (nSPS) is 19.6. The third-order valence-electron chi connectivity index (χ3n) is 7.29. The molecule has 3 heterocycles. The fraction of sp³-hybridized carbons (Fsp3) is 0.385. The minimum atomic E-state index is -0.914. The first kappa shape index (κ1) is 23.2. The number of pyridine rings is 1. The maximum absolute atomic E-state index is 13.7. The van der Waals surface area contributed by atoms with Gasteiger partial charge in [-0.1, -0.05) is 30.5 Å². The predicted octanol–water partition coefficient (Wildman–Crippen LogP) is 4.38. The quantitative estimate of drug-likeness (QED) is 0.550. The van der Waals surface area contributed by atoms with Crippen molar-refractivity contribution in [3.63, 3.8) is 0 Å². The van der Waals surface area contributed by atoms with Crippen LogP contribution in [0.4, 0.5) is 0 Å². The zero-order valence-electron chi connectivity index (χ0n) is 19.4. The lowest BCUT2D eigenvalue weighted by atomic mass is 9.84. The molecule has 1 saturated heterocycles. The predicted molar refractivity (Wildman–Crippen MR) is 131 cm³/mol. The Kier molecular flexibility index (Phi) is 6.12. The van der Waals surface area contributed by atoms with Gasteiger partial charge in [0.2, 0.25) is 5.91 Å². The number of hydrogen-bond donors (Lipinski definition) is 2. The summed E-state index contributed by atoms with van der Waals surface area (Å²) in [4.78, 5) is 36.1. The van der Waals surface area contributed by atoms with Crippen LogP contribution in [0.5, 0.6) is 5.75 Å². The number of hydrogen-bond acceptors (Lipinski definition) is 5. The highest BCUT2D eigenvalue weighted by atomic mass is 35.5. The molecule has 1 aliphatic heterocycles. The van der Waals surface area contributed by atoms with Gasteiger partial charge in [-0.2, -0.15) is 5.26 Å². The number of benzene rings is 1. The number of carbonyl (C=O) groups is 2. The molecule has 1 aliphatic carbocycles. The van der Waals surface area contributed by atoms with Gasteiger partial charge >= 0.3 is 0 Å². The van der Waals surface area contributed by atoms with Gasteiger partial charge in [-0.15, -0.1) is 0 Å². The summed E-state index contributed by atoms with van der Waals surface area (Å²) in [6.07, 6.45) is 7.72. The summed E-state index contributed by atoms with van der Waals surface area (Å²) in [5.41, 5.74) is 1.64. The molecule has 3 aromatic rings. The summed E-state index contributed by atoms with van der Waals surface area (Å²) in [5.74, 6) is 0.0974. The van der Waals surface area contributed by atoms with Gasteiger partial charge < -0.3 is 19.9 Å². The fourth-order valence-electron chi connectivity index (χ4n) is 5.58. The highest BCUT2D eigenvalue weighted by molar-refractivity contribution is 6.30. The number of H-pyrrole nitrogens is 1. The molecule has 1 saturated carbocycles. The summed E-state index contributed by atoms with van der Waals surface area (Å²) in [6, 6.07) is 9.51. The topological polar surface area (TPSA) is 111 Å². The van der Waals surface area contributed by atoms with E-state index in [0.717, 1.165) is 36.6 Å². The highest BCUT2D eigenvalue weighted by Gasteiger charge is 2.50. The molecule has 2 atom stereocenters. The Bertz CT molecular complexity index is 1320. The SMILES string of the molecule is COc1cccc2[nH]c(C(=O)N3CC4(CCCC4)CC3C(=O)NC(C#N)c3cncc(Cl)c3)cc12. The summed E-state index contributed by atoms with van der Waals surface area (Å²) in [6.45, 7) is 0.520. The number of likely N-dealkylation sites (tertiary alicyclic amines) is 1. The Morgan fingerprint density at radius 2 is 2.11 bits per heavy atom. The van der Waals surface area contributed by atoms with Gasteiger partial charge in [-0.05, 0) is 48.9 Å². The second-order valence-corrected chi connectivity index (χ2v) is 9.91. The van der Waals surface area contributed by atoms with Gasteiger partial charge in [0.25, 0.3) is 5.91 Å². The van der Waals surface area contributed by atoms with Crippen molar-refractivity contribution in [1.29, 1.82) is 5.26 Å². The van der Waals surface area contributed by atoms with Crippen molar-refractivity contribution < 1.29 is 14.3 Å². The molecular weight excluding hydrogens is 466 g/mol. The summed E-state index contributed by atoms with van der Waals surface area (Å²) in [7, 11) is 1.59. The third-order valence-corrected chi connectivity index (χ3v) is 7.49. The molecule has 2 amide bonds. The van der Waals surface area contributed by atoms with Crippen molar-refractivity contribution in [2.45, 2.75) is 44.2 Å². The van der Waals surface area contributed by atoms with E-state index < -0.39 is 12.1 Å². The number of carbonyl (C=O) groups excluding carboxylic acids is 2. The maximum atomic E-state index is 13.7. The van der Waals surface area contributed by atoms with Gasteiger partial charge in [-0.3, -0.25) is 14.6 Å². The van der Waals surface area contributed by atoms with Crippen molar-refractivity contribution in [2.75, 3.05) is 13.7 Å². The molecule has 2 unspecified atom stereocenters. The lowest BCUT2D eigenvalue weighted by Crippen LogP contribution is -2.46. The van der Waals surface area contributed by atoms with Crippen LogP contribution in [0.2, 0.25) is 5.02 Å². The second kappa shape index (κ2) is 9.23. The molecule has 0 radical (unpaired) electrons. The van der Waals surface area contributed by atoms with Crippen molar-refractivity contribution in [1.82, 2.24) is 20.2 Å². The first-order valence-electron chi connectivity index (χ1n) is 11.7. The van der Waals surface area contributed by atoms with E-state index in [-0.39, 0.29) is 17.2 Å². The standard InChI is InChI=1S/C26H26ClN5O3/c1-35-23-6-4-5-19-18(23)10-20(30-19)25(34)32-15-26(7-2-3-8-26)11-22(32)24(33)31-21(12-28)16-9-17(27)14-29-13-16/h4-6,9-10,13-14,21-22,30H,2-3,7-8,11,15H2,1H3,(H,31,33). The first-order valence-corrected chi connectivity index (χ1v) is 12.1. The first-order chi connectivity index (χ1) is 16.9. The Morgan fingerprint density at radius 1 is 1.31 bits per heavy atom. The molecule has 1 aromatic carbocycles. The van der Waals surface area contributed by atoms with Crippen LogP contribution < -0.4 is 10.1 Å². The van der Waals surface area contributed by atoms with E-state index in [4.69, 9.17) is 16.3 Å². The number of nitrogens with zero attached hydrogens (tertiary/aromatic N) is 3. The fourth-order valence-corrected chi connectivity index (χ4v) is 5.76. The van der Waals surface area contributed by atoms with E-state index in [9.17, 15) is 14.9 Å². The highest BCUT2D eigenvalue weighted by Crippen LogP contribution is 2.48. The molecule has 8 nitrogen and oxygen atoms in total. The molecule has 9 heteroatoms. The van der Waals surface area contributed by atoms with E-state index in [1.54, 1.807) is 24.1 Å². The van der Waals surface area contributed by atoms with Crippen LogP contribution >= 0.6 is 11.6 Å². The van der Waals surface area contributed by atoms with Crippen LogP contribution in [-0.4, -0.2) is 46.4 Å². The maximum Gasteiger partial charge on any atom is 0.271 e. The molecular formula is C26H26ClN5O3. The number of halogens is 1. The van der Waals surface area contributed by atoms with Gasteiger partial charge in [0.15, 0.2) is 0 Å². The van der Waals surface area contributed by atoms with Gasteiger partial charge in [0, 0.05) is 35.4 Å². The van der Waals surface area contributed by atoms with Crippen LogP contribution in [0.15, 0.2) is 42.7 Å². The van der Waals surface area contributed by atoms with Crippen molar-refractivity contribution in [2.24, 2.45) is 5.41 Å². The van der Waals surface area contributed by atoms with Crippen LogP contribution in [0, 0.1) is 16.7 Å². The van der Waals surface area contributed by atoms with Gasteiger partial charge in [-0.25, -0.2) is 0 Å². The molecule has 35 heavy (non-hydrogen) atoms. The number of nitriles is 1. The monoisotopic (exact) mass is 491 g/mol. The molecule has 5 rings (SSSR count). The lowest BCUT2D eigenvalue weighted by molar-refractivity contribution is -0.125. The number of methoxy groups -OCH3 is 1. The van der Waals surface area contributed by atoms with E-state index in [1.807, 2.05) is 18.2 Å². The number of aromatic amines is 1.